The zero-order chi connectivity index (χ0) is 9.26. The van der Waals surface area contributed by atoms with E-state index in [9.17, 15) is 4.79 Å². The SMILES string of the molecule is Cl.Cl.O=C(O)c1nccc2c1CNCC2. The number of nitrogens with one attached hydrogen (secondary N) is 1. The molecule has 2 rings (SSSR count). The summed E-state index contributed by atoms with van der Waals surface area (Å²) in [5.74, 6) is -0.944. The number of halogens is 2. The van der Waals surface area contributed by atoms with E-state index in [4.69, 9.17) is 5.11 Å². The molecule has 0 bridgehead atoms. The van der Waals surface area contributed by atoms with Crippen LogP contribution in [-0.4, -0.2) is 22.6 Å². The highest BCUT2D eigenvalue weighted by molar-refractivity contribution is 5.87. The van der Waals surface area contributed by atoms with Crippen molar-refractivity contribution in [1.82, 2.24) is 10.3 Å². The summed E-state index contributed by atoms with van der Waals surface area (Å²) >= 11 is 0. The average Bonchev–Trinajstić information content (AvgIpc) is 2.17. The van der Waals surface area contributed by atoms with Crippen LogP contribution in [0.5, 0.6) is 0 Å². The number of fused-ring (bicyclic) bond motifs is 1. The zero-order valence-corrected chi connectivity index (χ0v) is 9.53. The maximum atomic E-state index is 10.8. The minimum absolute atomic E-state index is 0. The molecule has 6 heteroatoms. The van der Waals surface area contributed by atoms with Gasteiger partial charge in [0.05, 0.1) is 0 Å². The molecule has 0 fully saturated rings. The first-order chi connectivity index (χ1) is 6.29. The van der Waals surface area contributed by atoms with Crippen LogP contribution in [0.15, 0.2) is 12.3 Å². The molecule has 0 unspecified atom stereocenters. The number of aromatic nitrogens is 1. The standard InChI is InChI=1S/C9H10N2O2.2ClH/c12-9(13)8-7-5-10-3-1-6(7)2-4-11-8;;/h2,4,10H,1,3,5H2,(H,12,13);2*1H. The fourth-order valence-electron chi connectivity index (χ4n) is 1.58. The molecule has 4 nitrogen and oxygen atoms in total. The summed E-state index contributed by atoms with van der Waals surface area (Å²) in [6.07, 6.45) is 2.45. The van der Waals surface area contributed by atoms with Crippen LogP contribution in [-0.2, 0) is 13.0 Å². The van der Waals surface area contributed by atoms with Crippen LogP contribution in [0.25, 0.3) is 0 Å². The molecule has 0 aromatic carbocycles. The van der Waals surface area contributed by atoms with E-state index in [0.29, 0.717) is 6.54 Å². The molecule has 84 valence electrons. The molecular weight excluding hydrogens is 239 g/mol. The second-order valence-electron chi connectivity index (χ2n) is 3.03. The fraction of sp³-hybridized carbons (Fsp3) is 0.333. The highest BCUT2D eigenvalue weighted by Crippen LogP contribution is 2.15. The van der Waals surface area contributed by atoms with Gasteiger partial charge in [0.2, 0.25) is 0 Å². The Bertz CT molecular complexity index is 358. The maximum absolute atomic E-state index is 10.8. The molecular formula is C9H12Cl2N2O2. The van der Waals surface area contributed by atoms with Crippen molar-refractivity contribution in [2.24, 2.45) is 0 Å². The van der Waals surface area contributed by atoms with Crippen molar-refractivity contribution in [3.8, 4) is 0 Å². The van der Waals surface area contributed by atoms with Gasteiger partial charge >= 0.3 is 5.97 Å². The van der Waals surface area contributed by atoms with Crippen LogP contribution >= 0.6 is 24.8 Å². The lowest BCUT2D eigenvalue weighted by molar-refractivity contribution is 0.0688. The monoisotopic (exact) mass is 250 g/mol. The van der Waals surface area contributed by atoms with Gasteiger partial charge in [-0.05, 0) is 24.6 Å². The van der Waals surface area contributed by atoms with Gasteiger partial charge in [-0.25, -0.2) is 9.78 Å². The van der Waals surface area contributed by atoms with Crippen LogP contribution in [0, 0.1) is 0 Å². The Morgan fingerprint density at radius 2 is 2.20 bits per heavy atom. The number of carboxylic acids is 1. The van der Waals surface area contributed by atoms with E-state index < -0.39 is 5.97 Å². The molecule has 1 aliphatic heterocycles. The van der Waals surface area contributed by atoms with E-state index in [1.165, 1.54) is 0 Å². The molecule has 0 saturated carbocycles. The van der Waals surface area contributed by atoms with Crippen molar-refractivity contribution in [3.05, 3.63) is 29.1 Å². The van der Waals surface area contributed by atoms with Crippen LogP contribution < -0.4 is 5.32 Å². The summed E-state index contributed by atoms with van der Waals surface area (Å²) in [6.45, 7) is 1.53. The van der Waals surface area contributed by atoms with Gasteiger partial charge in [-0.1, -0.05) is 0 Å². The minimum Gasteiger partial charge on any atom is -0.477 e. The lowest BCUT2D eigenvalue weighted by Crippen LogP contribution is -2.26. The van der Waals surface area contributed by atoms with Crippen molar-refractivity contribution >= 4 is 30.8 Å². The zero-order valence-electron chi connectivity index (χ0n) is 7.90. The Kier molecular flexibility index (Phi) is 5.57. The van der Waals surface area contributed by atoms with Crippen molar-refractivity contribution in [1.29, 1.82) is 0 Å². The molecule has 1 aliphatic rings. The maximum Gasteiger partial charge on any atom is 0.354 e. The molecule has 2 N–H and O–H groups in total. The van der Waals surface area contributed by atoms with Gasteiger partial charge in [-0.3, -0.25) is 0 Å². The number of nitrogens with zero attached hydrogens (tertiary/aromatic N) is 1. The minimum atomic E-state index is -0.944. The molecule has 0 amide bonds. The first-order valence-corrected chi connectivity index (χ1v) is 4.20. The molecule has 0 radical (unpaired) electrons. The van der Waals surface area contributed by atoms with E-state index in [0.717, 1.165) is 24.1 Å². The van der Waals surface area contributed by atoms with Gasteiger partial charge < -0.3 is 10.4 Å². The first-order valence-electron chi connectivity index (χ1n) is 4.20. The van der Waals surface area contributed by atoms with Gasteiger partial charge in [0.15, 0.2) is 5.69 Å². The third-order valence-corrected chi connectivity index (χ3v) is 2.23. The van der Waals surface area contributed by atoms with Crippen molar-refractivity contribution in [3.63, 3.8) is 0 Å². The molecule has 0 saturated heterocycles. The molecule has 2 heterocycles. The molecule has 0 aliphatic carbocycles. The van der Waals surface area contributed by atoms with E-state index in [1.807, 2.05) is 6.07 Å². The number of hydrogen-bond acceptors (Lipinski definition) is 3. The predicted octanol–water partition coefficient (Wildman–Crippen LogP) is 1.27. The second-order valence-corrected chi connectivity index (χ2v) is 3.03. The Morgan fingerprint density at radius 3 is 2.87 bits per heavy atom. The summed E-state index contributed by atoms with van der Waals surface area (Å²) in [5, 5.41) is 12.0. The van der Waals surface area contributed by atoms with Gasteiger partial charge in [-0.2, -0.15) is 0 Å². The number of aromatic carboxylic acids is 1. The molecule has 0 atom stereocenters. The third kappa shape index (κ3) is 2.81. The van der Waals surface area contributed by atoms with Gasteiger partial charge in [-0.15, -0.1) is 24.8 Å². The second kappa shape index (κ2) is 5.90. The van der Waals surface area contributed by atoms with E-state index in [-0.39, 0.29) is 30.5 Å². The van der Waals surface area contributed by atoms with Gasteiger partial charge in [0.1, 0.15) is 0 Å². The van der Waals surface area contributed by atoms with E-state index in [2.05, 4.69) is 10.3 Å². The quantitative estimate of drug-likeness (QED) is 0.789. The number of hydrogen-bond donors (Lipinski definition) is 2. The lowest BCUT2D eigenvalue weighted by atomic mass is 10.0. The Balaban J connectivity index is 0.000000980. The third-order valence-electron chi connectivity index (χ3n) is 2.23. The van der Waals surface area contributed by atoms with Crippen LogP contribution in [0.3, 0.4) is 0 Å². The topological polar surface area (TPSA) is 62.2 Å². The van der Waals surface area contributed by atoms with Crippen molar-refractivity contribution in [2.45, 2.75) is 13.0 Å². The highest BCUT2D eigenvalue weighted by Gasteiger charge is 2.17. The first kappa shape index (κ1) is 14.2. The van der Waals surface area contributed by atoms with Crippen LogP contribution in [0.2, 0.25) is 0 Å². The summed E-state index contributed by atoms with van der Waals surface area (Å²) in [4.78, 5) is 14.6. The average molecular weight is 251 g/mol. The molecule has 0 spiro atoms. The molecule has 15 heavy (non-hydrogen) atoms. The smallest absolute Gasteiger partial charge is 0.354 e. The van der Waals surface area contributed by atoms with Crippen LogP contribution in [0.4, 0.5) is 0 Å². The van der Waals surface area contributed by atoms with E-state index in [1.54, 1.807) is 6.20 Å². The number of carbonyl (C=O) groups is 1. The summed E-state index contributed by atoms with van der Waals surface area (Å²) in [6, 6.07) is 1.89. The highest BCUT2D eigenvalue weighted by atomic mass is 35.5. The number of carboxylic acid groups (broad SMARTS) is 1. The van der Waals surface area contributed by atoms with Crippen LogP contribution in [0.1, 0.15) is 21.6 Å². The summed E-state index contributed by atoms with van der Waals surface area (Å²) < 4.78 is 0. The lowest BCUT2D eigenvalue weighted by Gasteiger charge is -2.17. The number of rotatable bonds is 1. The summed E-state index contributed by atoms with van der Waals surface area (Å²) in [5.41, 5.74) is 2.12. The summed E-state index contributed by atoms with van der Waals surface area (Å²) in [7, 11) is 0. The largest absolute Gasteiger partial charge is 0.477 e. The normalized spacial score (nSPS) is 13.1. The van der Waals surface area contributed by atoms with Gasteiger partial charge in [0, 0.05) is 18.3 Å². The Hall–Kier alpha value is -0.840. The van der Waals surface area contributed by atoms with Crippen molar-refractivity contribution < 1.29 is 9.90 Å². The number of pyridine rings is 1. The fourth-order valence-corrected chi connectivity index (χ4v) is 1.58. The van der Waals surface area contributed by atoms with E-state index >= 15 is 0 Å². The van der Waals surface area contributed by atoms with Crippen molar-refractivity contribution in [2.75, 3.05) is 6.54 Å². The Morgan fingerprint density at radius 1 is 1.47 bits per heavy atom. The molecule has 1 aromatic rings. The Labute approximate surface area is 99.9 Å². The molecule has 1 aromatic heterocycles. The predicted molar refractivity (Wildman–Crippen MR) is 61.1 cm³/mol. The van der Waals surface area contributed by atoms with Gasteiger partial charge in [0.25, 0.3) is 0 Å².